The normalized spacial score (nSPS) is 14.3. The van der Waals surface area contributed by atoms with Crippen molar-refractivity contribution in [3.8, 4) is 5.75 Å². The molecule has 0 aliphatic carbocycles. The molecule has 7 nitrogen and oxygen atoms in total. The second-order valence-corrected chi connectivity index (χ2v) is 6.40. The van der Waals surface area contributed by atoms with E-state index in [9.17, 15) is 0 Å². The van der Waals surface area contributed by atoms with Gasteiger partial charge >= 0.3 is 11.9 Å². The Morgan fingerprint density at radius 2 is 1.67 bits per heavy atom. The van der Waals surface area contributed by atoms with Gasteiger partial charge in [0, 0.05) is 48.5 Å². The summed E-state index contributed by atoms with van der Waals surface area (Å²) in [7, 11) is 0. The number of rotatable bonds is 5. The maximum Gasteiger partial charge on any atom is 0.414 e. The molecule has 3 rings (SSSR count). The van der Waals surface area contributed by atoms with Crippen molar-refractivity contribution in [2.24, 2.45) is 0 Å². The molecule has 1 heterocycles. The van der Waals surface area contributed by atoms with Crippen LogP contribution in [0.5, 0.6) is 5.75 Å². The second kappa shape index (κ2) is 10.7. The van der Waals surface area contributed by atoms with Crippen molar-refractivity contribution in [2.45, 2.75) is 6.42 Å². The van der Waals surface area contributed by atoms with E-state index in [1.807, 2.05) is 30.3 Å². The quantitative estimate of drug-likeness (QED) is 0.528. The first-order valence-electron chi connectivity index (χ1n) is 8.68. The highest BCUT2D eigenvalue weighted by atomic mass is 35.5. The highest BCUT2D eigenvalue weighted by Gasteiger charge is 2.09. The lowest BCUT2D eigenvalue weighted by Gasteiger charge is -2.27. The monoisotopic (exact) mass is 394 g/mol. The molecule has 8 heteroatoms. The van der Waals surface area contributed by atoms with Crippen LogP contribution >= 0.6 is 11.6 Å². The summed E-state index contributed by atoms with van der Waals surface area (Å²) in [5.41, 5.74) is 0. The molecule has 0 radical (unpaired) electrons. The number of benzene rings is 2. The lowest BCUT2D eigenvalue weighted by molar-refractivity contribution is -0.159. The maximum absolute atomic E-state index is 9.10. The highest BCUT2D eigenvalue weighted by Crippen LogP contribution is 2.31. The number of carbonyl (C=O) groups is 2. The van der Waals surface area contributed by atoms with E-state index in [1.54, 1.807) is 0 Å². The van der Waals surface area contributed by atoms with E-state index in [2.05, 4.69) is 16.3 Å². The van der Waals surface area contributed by atoms with Crippen molar-refractivity contribution in [3.05, 3.63) is 41.4 Å². The zero-order valence-electron chi connectivity index (χ0n) is 14.9. The standard InChI is InChI=1S/C17H21ClN2O.C2H2O4/c18-16-6-7-17(15-5-2-1-4-14(15)16)21-13-3-10-20-11-8-19-9-12-20;3-1(4)2(5)6/h1-2,4-7,19H,3,8-13H2;(H,3,4)(H,5,6). The van der Waals surface area contributed by atoms with Crippen LogP contribution in [0, 0.1) is 0 Å². The summed E-state index contributed by atoms with van der Waals surface area (Å²) in [6.07, 6.45) is 1.05. The SMILES string of the molecule is Clc1ccc(OCCCN2CCNCC2)c2ccccc12.O=C(O)C(=O)O. The number of hydrogen-bond donors (Lipinski definition) is 3. The first-order chi connectivity index (χ1) is 13.0. The predicted molar refractivity (Wildman–Crippen MR) is 104 cm³/mol. The zero-order chi connectivity index (χ0) is 19.6. The van der Waals surface area contributed by atoms with Crippen molar-refractivity contribution in [3.63, 3.8) is 0 Å². The number of nitrogens with one attached hydrogen (secondary N) is 1. The Bertz CT molecular complexity index is 766. The Balaban J connectivity index is 0.000000380. The number of nitrogens with zero attached hydrogens (tertiary/aromatic N) is 1. The maximum atomic E-state index is 9.10. The van der Waals surface area contributed by atoms with Gasteiger partial charge in [0.25, 0.3) is 0 Å². The minimum Gasteiger partial charge on any atom is -0.493 e. The number of piperazine rings is 1. The number of hydrogen-bond acceptors (Lipinski definition) is 5. The lowest BCUT2D eigenvalue weighted by Crippen LogP contribution is -2.43. The van der Waals surface area contributed by atoms with E-state index in [0.717, 1.165) is 67.3 Å². The van der Waals surface area contributed by atoms with Crippen LogP contribution in [0.15, 0.2) is 36.4 Å². The second-order valence-electron chi connectivity index (χ2n) is 6.00. The summed E-state index contributed by atoms with van der Waals surface area (Å²) in [6, 6.07) is 12.0. The number of halogens is 1. The third-order valence-corrected chi connectivity index (χ3v) is 4.43. The fourth-order valence-electron chi connectivity index (χ4n) is 2.77. The van der Waals surface area contributed by atoms with Gasteiger partial charge in [-0.15, -0.1) is 0 Å². The van der Waals surface area contributed by atoms with Gasteiger partial charge in [-0.2, -0.15) is 0 Å². The Kier molecular flexibility index (Phi) is 8.32. The summed E-state index contributed by atoms with van der Waals surface area (Å²) >= 11 is 6.22. The molecule has 0 amide bonds. The van der Waals surface area contributed by atoms with Crippen LogP contribution in [0.4, 0.5) is 0 Å². The molecule has 0 spiro atoms. The van der Waals surface area contributed by atoms with Gasteiger partial charge in [-0.3, -0.25) is 0 Å². The first kappa shape index (κ1) is 21.0. The fourth-order valence-corrected chi connectivity index (χ4v) is 2.99. The Labute approximate surface area is 162 Å². The Morgan fingerprint density at radius 3 is 2.30 bits per heavy atom. The third kappa shape index (κ3) is 6.71. The van der Waals surface area contributed by atoms with Crippen LogP contribution in [-0.2, 0) is 9.59 Å². The molecule has 0 saturated carbocycles. The van der Waals surface area contributed by atoms with Gasteiger partial charge < -0.3 is 25.2 Å². The van der Waals surface area contributed by atoms with Gasteiger partial charge in [0.2, 0.25) is 0 Å². The molecule has 146 valence electrons. The Morgan fingerprint density at radius 1 is 1.04 bits per heavy atom. The molecule has 1 fully saturated rings. The molecule has 3 N–H and O–H groups in total. The smallest absolute Gasteiger partial charge is 0.414 e. The number of ether oxygens (including phenoxy) is 1. The van der Waals surface area contributed by atoms with Crippen LogP contribution in [0.2, 0.25) is 5.02 Å². The van der Waals surface area contributed by atoms with Crippen LogP contribution in [0.3, 0.4) is 0 Å². The summed E-state index contributed by atoms with van der Waals surface area (Å²) in [4.78, 5) is 20.7. The molecule has 0 unspecified atom stereocenters. The third-order valence-electron chi connectivity index (χ3n) is 4.10. The minimum atomic E-state index is -1.82. The highest BCUT2D eigenvalue weighted by molar-refractivity contribution is 6.35. The van der Waals surface area contributed by atoms with Crippen LogP contribution in [0.25, 0.3) is 10.8 Å². The number of aliphatic carboxylic acids is 2. The van der Waals surface area contributed by atoms with E-state index in [-0.39, 0.29) is 0 Å². The van der Waals surface area contributed by atoms with Gasteiger partial charge in [-0.25, -0.2) is 9.59 Å². The molecule has 1 aliphatic heterocycles. The van der Waals surface area contributed by atoms with E-state index < -0.39 is 11.9 Å². The van der Waals surface area contributed by atoms with Crippen LogP contribution < -0.4 is 10.1 Å². The zero-order valence-corrected chi connectivity index (χ0v) is 15.6. The molecule has 2 aromatic carbocycles. The summed E-state index contributed by atoms with van der Waals surface area (Å²) < 4.78 is 5.96. The molecule has 27 heavy (non-hydrogen) atoms. The lowest BCUT2D eigenvalue weighted by atomic mass is 10.1. The average Bonchev–Trinajstić information content (AvgIpc) is 2.68. The first-order valence-corrected chi connectivity index (χ1v) is 9.06. The van der Waals surface area contributed by atoms with E-state index in [4.69, 9.17) is 36.1 Å². The molecule has 1 saturated heterocycles. The van der Waals surface area contributed by atoms with Crippen molar-refractivity contribution < 1.29 is 24.5 Å². The number of fused-ring (bicyclic) bond motifs is 1. The predicted octanol–water partition coefficient (Wildman–Crippen LogP) is 2.32. The average molecular weight is 395 g/mol. The number of carboxylic acid groups (broad SMARTS) is 2. The van der Waals surface area contributed by atoms with Gasteiger partial charge in [-0.1, -0.05) is 35.9 Å². The summed E-state index contributed by atoms with van der Waals surface area (Å²) in [5, 5.41) is 21.1. The summed E-state index contributed by atoms with van der Waals surface area (Å²) in [6.45, 7) is 6.34. The number of carboxylic acids is 2. The van der Waals surface area contributed by atoms with E-state index in [0.29, 0.717) is 0 Å². The van der Waals surface area contributed by atoms with Gasteiger partial charge in [0.05, 0.1) is 6.61 Å². The van der Waals surface area contributed by atoms with Gasteiger partial charge in [0.15, 0.2) is 0 Å². The summed E-state index contributed by atoms with van der Waals surface area (Å²) in [5.74, 6) is -2.72. The van der Waals surface area contributed by atoms with Crippen LogP contribution in [0.1, 0.15) is 6.42 Å². The van der Waals surface area contributed by atoms with Gasteiger partial charge in [0.1, 0.15) is 5.75 Å². The molecular weight excluding hydrogens is 372 g/mol. The topological polar surface area (TPSA) is 99.1 Å². The molecule has 1 aliphatic rings. The van der Waals surface area contributed by atoms with Gasteiger partial charge in [-0.05, 0) is 18.6 Å². The molecular formula is C19H23ClN2O5. The van der Waals surface area contributed by atoms with E-state index in [1.165, 1.54) is 0 Å². The molecule has 0 aromatic heterocycles. The minimum absolute atomic E-state index is 0.746. The van der Waals surface area contributed by atoms with E-state index >= 15 is 0 Å². The van der Waals surface area contributed by atoms with Crippen molar-refractivity contribution in [1.82, 2.24) is 10.2 Å². The van der Waals surface area contributed by atoms with Crippen molar-refractivity contribution >= 4 is 34.3 Å². The molecule has 0 atom stereocenters. The molecule has 2 aromatic rings. The Hall–Kier alpha value is -2.35. The fraction of sp³-hybridized carbons (Fsp3) is 0.368. The largest absolute Gasteiger partial charge is 0.493 e. The van der Waals surface area contributed by atoms with Crippen molar-refractivity contribution in [1.29, 1.82) is 0 Å². The van der Waals surface area contributed by atoms with Crippen LogP contribution in [-0.4, -0.2) is 66.4 Å². The molecule has 0 bridgehead atoms. The van der Waals surface area contributed by atoms with Crippen molar-refractivity contribution in [2.75, 3.05) is 39.3 Å².